The second kappa shape index (κ2) is 5.71. The molecule has 0 amide bonds. The van der Waals surface area contributed by atoms with Crippen molar-refractivity contribution in [3.05, 3.63) is 43.6 Å². The number of halogens is 5. The molecule has 0 spiro atoms. The second-order valence-electron chi connectivity index (χ2n) is 3.56. The highest BCUT2D eigenvalue weighted by Gasteiger charge is 2.12. The summed E-state index contributed by atoms with van der Waals surface area (Å²) in [5, 5.41) is 3.58. The number of anilines is 3. The first kappa shape index (κ1) is 14.7. The third-order valence-electron chi connectivity index (χ3n) is 2.21. The lowest BCUT2D eigenvalue weighted by atomic mass is 10.3. The molecule has 0 aliphatic carbocycles. The molecule has 1 aromatic heterocycles. The highest BCUT2D eigenvalue weighted by atomic mass is 79.9. The van der Waals surface area contributed by atoms with Crippen molar-refractivity contribution < 1.29 is 4.39 Å². The van der Waals surface area contributed by atoms with Crippen molar-refractivity contribution in [2.75, 3.05) is 11.1 Å². The highest BCUT2D eigenvalue weighted by molar-refractivity contribution is 9.10. The molecule has 0 fully saturated rings. The number of aromatic nitrogens is 1. The van der Waals surface area contributed by atoms with Crippen LogP contribution < -0.4 is 11.1 Å². The van der Waals surface area contributed by atoms with Crippen LogP contribution in [0.25, 0.3) is 0 Å². The van der Waals surface area contributed by atoms with Crippen molar-refractivity contribution >= 4 is 68.1 Å². The van der Waals surface area contributed by atoms with Gasteiger partial charge in [0.1, 0.15) is 11.6 Å². The fourth-order valence-corrected chi connectivity index (χ4v) is 2.65. The molecule has 1 aromatic carbocycles. The maximum atomic E-state index is 13.1. The zero-order valence-electron chi connectivity index (χ0n) is 9.15. The van der Waals surface area contributed by atoms with Gasteiger partial charge in [0.2, 0.25) is 0 Å². The van der Waals surface area contributed by atoms with Gasteiger partial charge >= 0.3 is 0 Å². The Kier molecular flexibility index (Phi) is 4.40. The first-order valence-electron chi connectivity index (χ1n) is 4.91. The summed E-state index contributed by atoms with van der Waals surface area (Å²) in [7, 11) is 0. The average Bonchev–Trinajstić information content (AvgIpc) is 2.29. The van der Waals surface area contributed by atoms with E-state index < -0.39 is 5.82 Å². The smallest absolute Gasteiger partial charge is 0.151 e. The molecule has 8 heteroatoms. The topological polar surface area (TPSA) is 50.9 Å². The molecule has 2 aromatic rings. The van der Waals surface area contributed by atoms with E-state index >= 15 is 0 Å². The van der Waals surface area contributed by atoms with Gasteiger partial charge in [-0.1, -0.05) is 34.8 Å². The number of rotatable bonds is 2. The van der Waals surface area contributed by atoms with E-state index in [-0.39, 0.29) is 26.7 Å². The van der Waals surface area contributed by atoms with Gasteiger partial charge in [0.25, 0.3) is 0 Å². The van der Waals surface area contributed by atoms with Gasteiger partial charge in [0.05, 0.1) is 20.8 Å². The van der Waals surface area contributed by atoms with Crippen LogP contribution in [0.15, 0.2) is 22.7 Å². The number of pyridine rings is 1. The number of nitrogen functional groups attached to an aromatic ring is 1. The van der Waals surface area contributed by atoms with Crippen LogP contribution in [-0.2, 0) is 0 Å². The highest BCUT2D eigenvalue weighted by Crippen LogP contribution is 2.36. The lowest BCUT2D eigenvalue weighted by molar-refractivity contribution is 0.627. The molecule has 1 heterocycles. The zero-order chi connectivity index (χ0) is 14.2. The standard InChI is InChI=1S/C11H6BrCl3FN3/c12-5-1-4(16)2-6(13)9(5)18-11-8(15)3-7(14)10(17)19-11/h1-3H,(H3,17,18,19). The number of nitrogens with one attached hydrogen (secondary N) is 1. The molecular formula is C11H6BrCl3FN3. The van der Waals surface area contributed by atoms with E-state index in [1.165, 1.54) is 18.2 Å². The molecule has 0 saturated heterocycles. The lowest BCUT2D eigenvalue weighted by Gasteiger charge is -2.12. The molecule has 0 aliphatic heterocycles. The van der Waals surface area contributed by atoms with Crippen LogP contribution in [0.4, 0.5) is 21.7 Å². The first-order valence-corrected chi connectivity index (χ1v) is 6.84. The molecule has 0 aliphatic rings. The molecule has 0 saturated carbocycles. The number of nitrogens with two attached hydrogens (primary N) is 1. The van der Waals surface area contributed by atoms with Crippen LogP contribution in [0, 0.1) is 5.82 Å². The Morgan fingerprint density at radius 2 is 1.79 bits per heavy atom. The van der Waals surface area contributed by atoms with E-state index in [9.17, 15) is 4.39 Å². The minimum atomic E-state index is -0.461. The predicted octanol–water partition coefficient (Wildman–Crippen LogP) is 5.27. The van der Waals surface area contributed by atoms with Crippen LogP contribution >= 0.6 is 50.7 Å². The largest absolute Gasteiger partial charge is 0.382 e. The number of benzene rings is 1. The van der Waals surface area contributed by atoms with Crippen LogP contribution in [0.1, 0.15) is 0 Å². The molecule has 19 heavy (non-hydrogen) atoms. The Hall–Kier alpha value is -0.750. The zero-order valence-corrected chi connectivity index (χ0v) is 13.0. The van der Waals surface area contributed by atoms with Gasteiger partial charge in [-0.2, -0.15) is 0 Å². The van der Waals surface area contributed by atoms with Gasteiger partial charge in [-0.25, -0.2) is 9.37 Å². The van der Waals surface area contributed by atoms with Crippen LogP contribution in [-0.4, -0.2) is 4.98 Å². The third-order valence-corrected chi connectivity index (χ3v) is 3.72. The fourth-order valence-electron chi connectivity index (χ4n) is 1.35. The predicted molar refractivity (Wildman–Crippen MR) is 81.1 cm³/mol. The lowest BCUT2D eigenvalue weighted by Crippen LogP contribution is -2.00. The summed E-state index contributed by atoms with van der Waals surface area (Å²) in [6.45, 7) is 0. The molecule has 0 unspecified atom stereocenters. The van der Waals surface area contributed by atoms with Gasteiger partial charge in [0.15, 0.2) is 5.82 Å². The molecule has 2 rings (SSSR count). The van der Waals surface area contributed by atoms with Crippen molar-refractivity contribution in [3.8, 4) is 0 Å². The van der Waals surface area contributed by atoms with Gasteiger partial charge in [-0.3, -0.25) is 0 Å². The van der Waals surface area contributed by atoms with E-state index in [0.29, 0.717) is 10.2 Å². The maximum Gasteiger partial charge on any atom is 0.151 e. The minimum absolute atomic E-state index is 0.128. The Balaban J connectivity index is 2.45. The Labute approximate surface area is 132 Å². The summed E-state index contributed by atoms with van der Waals surface area (Å²) in [6.07, 6.45) is 0. The summed E-state index contributed by atoms with van der Waals surface area (Å²) in [6, 6.07) is 3.89. The minimum Gasteiger partial charge on any atom is -0.382 e. The second-order valence-corrected chi connectivity index (χ2v) is 5.63. The van der Waals surface area contributed by atoms with Crippen LogP contribution in [0.5, 0.6) is 0 Å². The summed E-state index contributed by atoms with van der Waals surface area (Å²) in [4.78, 5) is 4.00. The van der Waals surface area contributed by atoms with Crippen LogP contribution in [0.3, 0.4) is 0 Å². The van der Waals surface area contributed by atoms with E-state index in [1.54, 1.807) is 0 Å². The van der Waals surface area contributed by atoms with E-state index in [4.69, 9.17) is 40.5 Å². The monoisotopic (exact) mass is 383 g/mol. The van der Waals surface area contributed by atoms with E-state index in [1.807, 2.05) is 0 Å². The van der Waals surface area contributed by atoms with E-state index in [0.717, 1.165) is 0 Å². The fraction of sp³-hybridized carbons (Fsp3) is 0. The summed E-state index contributed by atoms with van der Waals surface area (Å²) in [5.74, 6) is -0.0576. The van der Waals surface area contributed by atoms with Crippen LogP contribution in [0.2, 0.25) is 15.1 Å². The van der Waals surface area contributed by atoms with Crippen molar-refractivity contribution in [2.24, 2.45) is 0 Å². The van der Waals surface area contributed by atoms with Gasteiger partial charge in [-0.15, -0.1) is 0 Å². The van der Waals surface area contributed by atoms with Crippen molar-refractivity contribution in [3.63, 3.8) is 0 Å². The molecule has 100 valence electrons. The van der Waals surface area contributed by atoms with Gasteiger partial charge in [-0.05, 0) is 34.1 Å². The number of hydrogen-bond donors (Lipinski definition) is 2. The van der Waals surface area contributed by atoms with Crippen molar-refractivity contribution in [2.45, 2.75) is 0 Å². The van der Waals surface area contributed by atoms with Crippen molar-refractivity contribution in [1.82, 2.24) is 4.98 Å². The third kappa shape index (κ3) is 3.23. The summed E-state index contributed by atoms with van der Waals surface area (Å²) >= 11 is 20.9. The molecule has 3 N–H and O–H groups in total. The molecule has 0 bridgehead atoms. The Morgan fingerprint density at radius 3 is 2.42 bits per heavy atom. The summed E-state index contributed by atoms with van der Waals surface area (Å²) < 4.78 is 13.6. The first-order chi connectivity index (χ1) is 8.88. The normalized spacial score (nSPS) is 10.6. The molecule has 0 atom stereocenters. The maximum absolute atomic E-state index is 13.1. The molecule has 0 radical (unpaired) electrons. The average molecular weight is 385 g/mol. The van der Waals surface area contributed by atoms with Gasteiger partial charge < -0.3 is 11.1 Å². The van der Waals surface area contributed by atoms with Crippen molar-refractivity contribution in [1.29, 1.82) is 0 Å². The molecular weight excluding hydrogens is 379 g/mol. The number of nitrogens with zero attached hydrogens (tertiary/aromatic N) is 1. The Bertz CT molecular complexity index is 628. The SMILES string of the molecule is Nc1nc(Nc2c(Cl)cc(F)cc2Br)c(Cl)cc1Cl. The van der Waals surface area contributed by atoms with Gasteiger partial charge in [0, 0.05) is 4.47 Å². The Morgan fingerprint density at radius 1 is 1.11 bits per heavy atom. The quantitative estimate of drug-likeness (QED) is 0.740. The summed E-state index contributed by atoms with van der Waals surface area (Å²) in [5.41, 5.74) is 6.03. The number of hydrogen-bond acceptors (Lipinski definition) is 3. The van der Waals surface area contributed by atoms with E-state index in [2.05, 4.69) is 26.2 Å². The molecule has 3 nitrogen and oxygen atoms in total.